The number of nitrogens with zero attached hydrogens (tertiary/aromatic N) is 1. The molecule has 1 heterocycles. The van der Waals surface area contributed by atoms with E-state index in [1.807, 2.05) is 6.07 Å². The van der Waals surface area contributed by atoms with Gasteiger partial charge < -0.3 is 9.71 Å². The maximum Gasteiger partial charge on any atom is 0.148 e. The number of rotatable bonds is 3. The van der Waals surface area contributed by atoms with Crippen molar-refractivity contribution in [3.63, 3.8) is 0 Å². The standard InChI is InChI=1S/C11H7BrFN3S/c12-8-5-15-6-11(8)17-16-10-2-1-7(4-14)3-9(10)13/h1-3,5-6,15-16H. The van der Waals surface area contributed by atoms with Crippen molar-refractivity contribution in [2.24, 2.45) is 0 Å². The van der Waals surface area contributed by atoms with Gasteiger partial charge >= 0.3 is 0 Å². The predicted octanol–water partition coefficient (Wildman–Crippen LogP) is 3.91. The summed E-state index contributed by atoms with van der Waals surface area (Å²) in [5, 5.41) is 8.62. The molecule has 3 nitrogen and oxygen atoms in total. The fraction of sp³-hybridized carbons (Fsp3) is 0. The van der Waals surface area contributed by atoms with Crippen molar-refractivity contribution in [3.8, 4) is 6.07 Å². The van der Waals surface area contributed by atoms with Crippen LogP contribution in [0.1, 0.15) is 5.56 Å². The number of hydrogen-bond acceptors (Lipinski definition) is 3. The van der Waals surface area contributed by atoms with Crippen LogP contribution in [0.25, 0.3) is 0 Å². The molecule has 0 aliphatic rings. The topological polar surface area (TPSA) is 51.6 Å². The Bertz CT molecular complexity index is 576. The fourth-order valence-corrected chi connectivity index (χ4v) is 2.34. The van der Waals surface area contributed by atoms with Crippen molar-refractivity contribution in [2.75, 3.05) is 4.72 Å². The lowest BCUT2D eigenvalue weighted by Gasteiger charge is -2.05. The van der Waals surface area contributed by atoms with Crippen LogP contribution >= 0.6 is 27.9 Å². The summed E-state index contributed by atoms with van der Waals surface area (Å²) in [5.74, 6) is -0.441. The van der Waals surface area contributed by atoms with E-state index in [1.165, 1.54) is 18.0 Å². The van der Waals surface area contributed by atoms with Gasteiger partial charge in [-0.3, -0.25) is 0 Å². The molecule has 86 valence electrons. The van der Waals surface area contributed by atoms with Gasteiger partial charge in [-0.15, -0.1) is 0 Å². The minimum absolute atomic E-state index is 0.306. The van der Waals surface area contributed by atoms with E-state index in [9.17, 15) is 4.39 Å². The highest BCUT2D eigenvalue weighted by Crippen LogP contribution is 2.29. The van der Waals surface area contributed by atoms with Gasteiger partial charge in [-0.25, -0.2) is 4.39 Å². The van der Waals surface area contributed by atoms with Gasteiger partial charge in [-0.2, -0.15) is 5.26 Å². The highest BCUT2D eigenvalue weighted by Gasteiger charge is 2.05. The summed E-state index contributed by atoms with van der Waals surface area (Å²) < 4.78 is 17.3. The van der Waals surface area contributed by atoms with Crippen molar-refractivity contribution in [2.45, 2.75) is 4.90 Å². The van der Waals surface area contributed by atoms with Crippen LogP contribution in [0.15, 0.2) is 40.0 Å². The molecule has 2 aromatic rings. The lowest BCUT2D eigenvalue weighted by molar-refractivity contribution is 0.632. The van der Waals surface area contributed by atoms with Crippen molar-refractivity contribution in [1.29, 1.82) is 5.26 Å². The minimum Gasteiger partial charge on any atom is -0.366 e. The predicted molar refractivity (Wildman–Crippen MR) is 69.1 cm³/mol. The smallest absolute Gasteiger partial charge is 0.148 e. The monoisotopic (exact) mass is 311 g/mol. The molecule has 0 spiro atoms. The van der Waals surface area contributed by atoms with E-state index in [1.54, 1.807) is 24.5 Å². The number of anilines is 1. The molecule has 6 heteroatoms. The second-order valence-electron chi connectivity index (χ2n) is 3.18. The summed E-state index contributed by atoms with van der Waals surface area (Å²) in [6.07, 6.45) is 3.59. The molecule has 0 amide bonds. The van der Waals surface area contributed by atoms with Crippen molar-refractivity contribution >= 4 is 33.6 Å². The van der Waals surface area contributed by atoms with E-state index in [4.69, 9.17) is 5.26 Å². The number of aromatic nitrogens is 1. The highest BCUT2D eigenvalue weighted by atomic mass is 79.9. The SMILES string of the molecule is N#Cc1ccc(NSc2c[nH]cc2Br)c(F)c1. The Morgan fingerprint density at radius 3 is 2.82 bits per heavy atom. The molecule has 1 aromatic carbocycles. The van der Waals surface area contributed by atoms with Crippen LogP contribution in [0.5, 0.6) is 0 Å². The van der Waals surface area contributed by atoms with Gasteiger partial charge in [-0.05, 0) is 46.1 Å². The zero-order chi connectivity index (χ0) is 12.3. The zero-order valence-electron chi connectivity index (χ0n) is 8.50. The molecular weight excluding hydrogens is 305 g/mol. The molecule has 1 aromatic heterocycles. The van der Waals surface area contributed by atoms with Crippen LogP contribution in [-0.4, -0.2) is 4.98 Å². The van der Waals surface area contributed by atoms with E-state index in [0.717, 1.165) is 9.37 Å². The first-order valence-electron chi connectivity index (χ1n) is 4.65. The zero-order valence-corrected chi connectivity index (χ0v) is 10.9. The van der Waals surface area contributed by atoms with Gasteiger partial charge in [0.1, 0.15) is 5.82 Å². The Balaban J connectivity index is 2.10. The summed E-state index contributed by atoms with van der Waals surface area (Å²) in [5.41, 5.74) is 0.656. The summed E-state index contributed by atoms with van der Waals surface area (Å²) in [6, 6.07) is 6.20. The third-order valence-corrected chi connectivity index (χ3v) is 3.83. The fourth-order valence-electron chi connectivity index (χ4n) is 1.19. The Morgan fingerprint density at radius 1 is 1.41 bits per heavy atom. The Kier molecular flexibility index (Phi) is 3.71. The van der Waals surface area contributed by atoms with E-state index in [2.05, 4.69) is 25.6 Å². The second-order valence-corrected chi connectivity index (χ2v) is 4.88. The van der Waals surface area contributed by atoms with E-state index in [-0.39, 0.29) is 0 Å². The van der Waals surface area contributed by atoms with Gasteiger partial charge in [0.15, 0.2) is 0 Å². The Hall–Kier alpha value is -1.45. The van der Waals surface area contributed by atoms with Gasteiger partial charge in [0.2, 0.25) is 0 Å². The minimum atomic E-state index is -0.441. The van der Waals surface area contributed by atoms with Crippen LogP contribution in [0.4, 0.5) is 10.1 Å². The number of halogens is 2. The quantitative estimate of drug-likeness (QED) is 0.845. The van der Waals surface area contributed by atoms with E-state index in [0.29, 0.717) is 11.3 Å². The molecule has 0 fully saturated rings. The molecule has 0 aliphatic carbocycles. The van der Waals surface area contributed by atoms with E-state index < -0.39 is 5.82 Å². The number of aromatic amines is 1. The lowest BCUT2D eigenvalue weighted by atomic mass is 10.2. The van der Waals surface area contributed by atoms with Gasteiger partial charge in [-0.1, -0.05) is 0 Å². The van der Waals surface area contributed by atoms with Crippen LogP contribution in [0, 0.1) is 17.1 Å². The third-order valence-electron chi connectivity index (χ3n) is 2.03. The molecule has 0 aliphatic heterocycles. The molecule has 0 radical (unpaired) electrons. The Morgan fingerprint density at radius 2 is 2.24 bits per heavy atom. The second kappa shape index (κ2) is 5.25. The first kappa shape index (κ1) is 12.0. The van der Waals surface area contributed by atoms with Crippen LogP contribution in [-0.2, 0) is 0 Å². The first-order valence-corrected chi connectivity index (χ1v) is 6.26. The third kappa shape index (κ3) is 2.81. The van der Waals surface area contributed by atoms with Crippen LogP contribution in [0.2, 0.25) is 0 Å². The van der Waals surface area contributed by atoms with Crippen molar-refractivity contribution in [3.05, 3.63) is 46.4 Å². The number of hydrogen-bond donors (Lipinski definition) is 2. The summed E-state index contributed by atoms with van der Waals surface area (Å²) in [6.45, 7) is 0. The van der Waals surface area contributed by atoms with Crippen LogP contribution < -0.4 is 4.72 Å². The van der Waals surface area contributed by atoms with Gasteiger partial charge in [0.05, 0.1) is 26.7 Å². The molecule has 0 unspecified atom stereocenters. The molecular formula is C11H7BrFN3S. The number of benzene rings is 1. The normalized spacial score (nSPS) is 9.94. The summed E-state index contributed by atoms with van der Waals surface area (Å²) in [4.78, 5) is 3.85. The maximum atomic E-state index is 13.5. The number of nitrogens with one attached hydrogen (secondary N) is 2. The molecule has 17 heavy (non-hydrogen) atoms. The first-order chi connectivity index (χ1) is 8.20. The Labute approximate surface area is 110 Å². The van der Waals surface area contributed by atoms with Gasteiger partial charge in [0, 0.05) is 12.4 Å². The summed E-state index contributed by atoms with van der Waals surface area (Å²) >= 11 is 4.64. The lowest BCUT2D eigenvalue weighted by Crippen LogP contribution is -1.91. The number of H-pyrrole nitrogens is 1. The summed E-state index contributed by atoms with van der Waals surface area (Å²) in [7, 11) is 0. The molecule has 0 saturated carbocycles. The average molecular weight is 312 g/mol. The molecule has 0 bridgehead atoms. The average Bonchev–Trinajstić information content (AvgIpc) is 2.73. The highest BCUT2D eigenvalue weighted by molar-refractivity contribution is 9.10. The molecule has 0 atom stereocenters. The largest absolute Gasteiger partial charge is 0.366 e. The molecule has 2 rings (SSSR count). The number of nitriles is 1. The van der Waals surface area contributed by atoms with E-state index >= 15 is 0 Å². The van der Waals surface area contributed by atoms with Crippen LogP contribution in [0.3, 0.4) is 0 Å². The molecule has 2 N–H and O–H groups in total. The van der Waals surface area contributed by atoms with Gasteiger partial charge in [0.25, 0.3) is 0 Å². The van der Waals surface area contributed by atoms with Crippen molar-refractivity contribution < 1.29 is 4.39 Å². The maximum absolute atomic E-state index is 13.5. The molecule has 0 saturated heterocycles. The van der Waals surface area contributed by atoms with Crippen molar-refractivity contribution in [1.82, 2.24) is 4.98 Å².